The van der Waals surface area contributed by atoms with Gasteiger partial charge in [0.25, 0.3) is 0 Å². The number of nitrogens with zero attached hydrogens (tertiary/aromatic N) is 2. The molecule has 7 nitrogen and oxygen atoms in total. The van der Waals surface area contributed by atoms with Crippen LogP contribution in [-0.2, 0) is 16.0 Å². The fourth-order valence-electron chi connectivity index (χ4n) is 1.79. The lowest BCUT2D eigenvalue weighted by atomic mass is 10.2. The number of ether oxygens (including phenoxy) is 2. The fraction of sp³-hybridized carbons (Fsp3) is 0.636. The molecule has 1 aliphatic heterocycles. The predicted molar refractivity (Wildman–Crippen MR) is 71.0 cm³/mol. The van der Waals surface area contributed by atoms with Crippen molar-refractivity contribution in [1.29, 1.82) is 0 Å². The number of morpholine rings is 1. The summed E-state index contributed by atoms with van der Waals surface area (Å²) >= 11 is 1.43. The topological polar surface area (TPSA) is 97.9 Å². The highest BCUT2D eigenvalue weighted by molar-refractivity contribution is 7.15. The van der Waals surface area contributed by atoms with Gasteiger partial charge in [-0.2, -0.15) is 4.98 Å². The van der Waals surface area contributed by atoms with E-state index in [1.54, 1.807) is 0 Å². The number of hydrogen-bond donors (Lipinski definition) is 2. The highest BCUT2D eigenvalue weighted by Gasteiger charge is 2.22. The first-order valence-electron chi connectivity index (χ1n) is 5.96. The Morgan fingerprint density at radius 2 is 2.32 bits per heavy atom. The maximum Gasteiger partial charge on any atom is 0.320 e. The summed E-state index contributed by atoms with van der Waals surface area (Å²) < 4.78 is 10.5. The van der Waals surface area contributed by atoms with Crippen LogP contribution in [0.5, 0.6) is 5.88 Å². The monoisotopic (exact) mass is 287 g/mol. The third kappa shape index (κ3) is 3.34. The number of nitrogens with two attached hydrogens (primary N) is 1. The average Bonchev–Trinajstić information content (AvgIpc) is 2.82. The van der Waals surface area contributed by atoms with Gasteiger partial charge in [-0.25, -0.2) is 0 Å². The highest BCUT2D eigenvalue weighted by Crippen LogP contribution is 2.32. The van der Waals surface area contributed by atoms with Crippen molar-refractivity contribution in [3.8, 4) is 5.88 Å². The van der Waals surface area contributed by atoms with Crippen LogP contribution in [0.2, 0.25) is 0 Å². The Bertz CT molecular complexity index is 445. The minimum absolute atomic E-state index is 0.223. The number of carboxylic acid groups (broad SMARTS) is 1. The van der Waals surface area contributed by atoms with E-state index in [9.17, 15) is 4.79 Å². The van der Waals surface area contributed by atoms with Gasteiger partial charge in [0.2, 0.25) is 5.88 Å². The van der Waals surface area contributed by atoms with Crippen LogP contribution in [-0.4, -0.2) is 55.5 Å². The second kappa shape index (κ2) is 6.18. The van der Waals surface area contributed by atoms with Gasteiger partial charge in [-0.3, -0.25) is 4.79 Å². The van der Waals surface area contributed by atoms with E-state index in [4.69, 9.17) is 20.3 Å². The van der Waals surface area contributed by atoms with Crippen molar-refractivity contribution in [2.24, 2.45) is 5.73 Å². The Kier molecular flexibility index (Phi) is 4.56. The molecule has 19 heavy (non-hydrogen) atoms. The molecule has 0 bridgehead atoms. The molecule has 106 valence electrons. The summed E-state index contributed by atoms with van der Waals surface area (Å²) in [6.45, 7) is 2.90. The molecule has 2 rings (SSSR count). The number of methoxy groups -OCH3 is 1. The summed E-state index contributed by atoms with van der Waals surface area (Å²) in [5, 5.41) is 9.68. The molecule has 0 spiro atoms. The van der Waals surface area contributed by atoms with E-state index in [1.807, 2.05) is 0 Å². The summed E-state index contributed by atoms with van der Waals surface area (Å²) in [7, 11) is 1.52. The van der Waals surface area contributed by atoms with E-state index < -0.39 is 12.0 Å². The Hall–Kier alpha value is -1.38. The first-order valence-corrected chi connectivity index (χ1v) is 6.78. The second-order valence-corrected chi connectivity index (χ2v) is 5.24. The molecule has 0 saturated carbocycles. The van der Waals surface area contributed by atoms with Crippen molar-refractivity contribution in [2.75, 3.05) is 38.3 Å². The summed E-state index contributed by atoms with van der Waals surface area (Å²) in [6.07, 6.45) is 0.223. The van der Waals surface area contributed by atoms with Crippen LogP contribution in [0.15, 0.2) is 0 Å². The van der Waals surface area contributed by atoms with E-state index in [1.165, 1.54) is 18.4 Å². The predicted octanol–water partition coefficient (Wildman–Crippen LogP) is -0.0573. The van der Waals surface area contributed by atoms with E-state index >= 15 is 0 Å². The third-order valence-corrected chi connectivity index (χ3v) is 3.97. The van der Waals surface area contributed by atoms with Crippen molar-refractivity contribution in [2.45, 2.75) is 12.5 Å². The van der Waals surface area contributed by atoms with E-state index in [0.29, 0.717) is 19.1 Å². The van der Waals surface area contributed by atoms with Gasteiger partial charge in [0.05, 0.1) is 25.2 Å². The SMILES string of the molecule is COc1nc(N2CCOCC2)sc1CC(N)C(=O)O. The standard InChI is InChI=1S/C11H17N3O4S/c1-17-9-8(6-7(12)10(15)16)19-11(13-9)14-2-4-18-5-3-14/h7H,2-6,12H2,1H3,(H,15,16). The van der Waals surface area contributed by atoms with Gasteiger partial charge in [0.15, 0.2) is 5.13 Å². The molecule has 0 radical (unpaired) electrons. The normalized spacial score (nSPS) is 17.3. The maximum atomic E-state index is 10.8. The number of aliphatic carboxylic acids is 1. The zero-order valence-electron chi connectivity index (χ0n) is 10.7. The van der Waals surface area contributed by atoms with Crippen molar-refractivity contribution < 1.29 is 19.4 Å². The number of thiazole rings is 1. The number of rotatable bonds is 5. The van der Waals surface area contributed by atoms with Crippen LogP contribution in [0.4, 0.5) is 5.13 Å². The smallest absolute Gasteiger partial charge is 0.320 e. The average molecular weight is 287 g/mol. The minimum Gasteiger partial charge on any atom is -0.480 e. The second-order valence-electron chi connectivity index (χ2n) is 4.18. The summed E-state index contributed by atoms with van der Waals surface area (Å²) in [5.41, 5.74) is 5.55. The fourth-order valence-corrected chi connectivity index (χ4v) is 2.93. The molecule has 1 saturated heterocycles. The zero-order chi connectivity index (χ0) is 13.8. The molecule has 0 aliphatic carbocycles. The van der Waals surface area contributed by atoms with Gasteiger partial charge in [0.1, 0.15) is 6.04 Å². The molecule has 1 aromatic heterocycles. The highest BCUT2D eigenvalue weighted by atomic mass is 32.1. The molecule has 0 amide bonds. The lowest BCUT2D eigenvalue weighted by molar-refractivity contribution is -0.138. The molecule has 1 unspecified atom stereocenters. The van der Waals surface area contributed by atoms with Crippen LogP contribution in [0.25, 0.3) is 0 Å². The third-order valence-electron chi connectivity index (χ3n) is 2.85. The molecular weight excluding hydrogens is 270 g/mol. The number of carbonyl (C=O) groups is 1. The number of anilines is 1. The largest absolute Gasteiger partial charge is 0.480 e. The van der Waals surface area contributed by atoms with Crippen molar-refractivity contribution in [1.82, 2.24) is 4.98 Å². The lowest BCUT2D eigenvalue weighted by Crippen LogP contribution is -2.36. The van der Waals surface area contributed by atoms with E-state index in [0.717, 1.165) is 23.1 Å². The minimum atomic E-state index is -1.02. The molecule has 2 heterocycles. The number of hydrogen-bond acceptors (Lipinski definition) is 7. The first-order chi connectivity index (χ1) is 9.11. The molecule has 1 atom stereocenters. The maximum absolute atomic E-state index is 10.8. The Balaban J connectivity index is 2.14. The number of carboxylic acids is 1. The molecule has 8 heteroatoms. The van der Waals surface area contributed by atoms with Crippen molar-refractivity contribution in [3.05, 3.63) is 4.88 Å². The van der Waals surface area contributed by atoms with Gasteiger partial charge >= 0.3 is 5.97 Å². The quantitative estimate of drug-likeness (QED) is 0.783. The van der Waals surface area contributed by atoms with Gasteiger partial charge in [-0.1, -0.05) is 11.3 Å². The molecule has 0 aromatic carbocycles. The molecule has 1 fully saturated rings. The van der Waals surface area contributed by atoms with Crippen LogP contribution in [0, 0.1) is 0 Å². The van der Waals surface area contributed by atoms with E-state index in [-0.39, 0.29) is 6.42 Å². The Labute approximate surface area is 114 Å². The Morgan fingerprint density at radius 1 is 1.63 bits per heavy atom. The van der Waals surface area contributed by atoms with Gasteiger partial charge in [-0.05, 0) is 0 Å². The molecular formula is C11H17N3O4S. The lowest BCUT2D eigenvalue weighted by Gasteiger charge is -2.25. The van der Waals surface area contributed by atoms with E-state index in [2.05, 4.69) is 9.88 Å². The van der Waals surface area contributed by atoms with Crippen LogP contribution in [0.1, 0.15) is 4.88 Å². The molecule has 1 aromatic rings. The van der Waals surface area contributed by atoms with Crippen LogP contribution in [0.3, 0.4) is 0 Å². The number of aromatic nitrogens is 1. The zero-order valence-corrected chi connectivity index (χ0v) is 11.5. The van der Waals surface area contributed by atoms with Gasteiger partial charge < -0.3 is 25.2 Å². The van der Waals surface area contributed by atoms with Crippen molar-refractivity contribution >= 4 is 22.4 Å². The Morgan fingerprint density at radius 3 is 2.89 bits per heavy atom. The van der Waals surface area contributed by atoms with Crippen molar-refractivity contribution in [3.63, 3.8) is 0 Å². The summed E-state index contributed by atoms with van der Waals surface area (Å²) in [5.74, 6) is -0.563. The summed E-state index contributed by atoms with van der Waals surface area (Å²) in [6, 6.07) is -0.938. The van der Waals surface area contributed by atoms with Gasteiger partial charge in [0, 0.05) is 19.5 Å². The molecule has 3 N–H and O–H groups in total. The van der Waals surface area contributed by atoms with Gasteiger partial charge in [-0.15, -0.1) is 0 Å². The summed E-state index contributed by atoms with van der Waals surface area (Å²) in [4.78, 5) is 18.1. The molecule has 1 aliphatic rings. The van der Waals surface area contributed by atoms with Crippen LogP contribution >= 0.6 is 11.3 Å². The first kappa shape index (κ1) is 14.0. The van der Waals surface area contributed by atoms with Crippen LogP contribution < -0.4 is 15.4 Å².